The van der Waals surface area contributed by atoms with Gasteiger partial charge in [-0.25, -0.2) is 0 Å². The zero-order valence-electron chi connectivity index (χ0n) is 14.7. The van der Waals surface area contributed by atoms with Gasteiger partial charge >= 0.3 is 5.97 Å². The summed E-state index contributed by atoms with van der Waals surface area (Å²) < 4.78 is 5.34. The number of carbonyl (C=O) groups is 1. The Morgan fingerprint density at radius 3 is 2.40 bits per heavy atom. The summed E-state index contributed by atoms with van der Waals surface area (Å²) in [6.45, 7) is 3.80. The molecular weight excluding hydrogens is 312 g/mol. The second kappa shape index (κ2) is 6.98. The quantitative estimate of drug-likeness (QED) is 0.719. The Bertz CT molecular complexity index is 910. The molecule has 128 valence electrons. The highest BCUT2D eigenvalue weighted by Crippen LogP contribution is 2.32. The molecule has 0 aromatic heterocycles. The maximum Gasteiger partial charge on any atom is 0.310 e. The molecule has 1 atom stereocenters. The van der Waals surface area contributed by atoms with Crippen LogP contribution in [0.1, 0.15) is 35.1 Å². The molecule has 0 saturated heterocycles. The summed E-state index contributed by atoms with van der Waals surface area (Å²) >= 11 is 0. The number of aryl methyl sites for hydroxylation is 1. The summed E-state index contributed by atoms with van der Waals surface area (Å²) in [5, 5.41) is 11.4. The highest BCUT2D eigenvalue weighted by molar-refractivity contribution is 5.93. The van der Waals surface area contributed by atoms with Gasteiger partial charge in [-0.1, -0.05) is 48.0 Å². The standard InChI is InChI=1S/C22H22O3/c1-14-4-6-16(7-5-14)12-17-8-10-19(15(2)22(23)24)21-13-18(25-3)9-11-20(17)21/h4-11,13,15H,12H2,1-3H3,(H,23,24). The van der Waals surface area contributed by atoms with Crippen molar-refractivity contribution in [2.45, 2.75) is 26.2 Å². The first kappa shape index (κ1) is 17.0. The molecule has 0 bridgehead atoms. The molecular formula is C22H22O3. The fourth-order valence-electron chi connectivity index (χ4n) is 3.13. The lowest BCUT2D eigenvalue weighted by molar-refractivity contribution is -0.138. The number of carboxylic acid groups (broad SMARTS) is 1. The first-order chi connectivity index (χ1) is 12.0. The van der Waals surface area contributed by atoms with E-state index in [1.165, 1.54) is 16.7 Å². The van der Waals surface area contributed by atoms with Crippen LogP contribution in [0.15, 0.2) is 54.6 Å². The second-order valence-corrected chi connectivity index (χ2v) is 6.45. The second-order valence-electron chi connectivity index (χ2n) is 6.45. The molecule has 1 N–H and O–H groups in total. The third-order valence-electron chi connectivity index (χ3n) is 4.70. The van der Waals surface area contributed by atoms with Crippen LogP contribution in [0.25, 0.3) is 10.8 Å². The molecule has 1 unspecified atom stereocenters. The van der Waals surface area contributed by atoms with E-state index in [1.807, 2.05) is 30.3 Å². The number of carboxylic acids is 1. The first-order valence-electron chi connectivity index (χ1n) is 8.37. The third-order valence-corrected chi connectivity index (χ3v) is 4.70. The molecule has 3 aromatic carbocycles. The van der Waals surface area contributed by atoms with Crippen molar-refractivity contribution in [1.29, 1.82) is 0 Å². The minimum Gasteiger partial charge on any atom is -0.497 e. The Labute approximate surface area is 147 Å². The molecule has 0 radical (unpaired) electrons. The van der Waals surface area contributed by atoms with E-state index in [9.17, 15) is 9.90 Å². The summed E-state index contributed by atoms with van der Waals surface area (Å²) in [6.07, 6.45) is 0.810. The van der Waals surface area contributed by atoms with Gasteiger partial charge in [0, 0.05) is 0 Å². The molecule has 0 aliphatic rings. The Kier molecular flexibility index (Phi) is 4.75. The number of ether oxygens (including phenoxy) is 1. The van der Waals surface area contributed by atoms with Gasteiger partial charge in [0.15, 0.2) is 0 Å². The monoisotopic (exact) mass is 334 g/mol. The summed E-state index contributed by atoms with van der Waals surface area (Å²) in [6, 6.07) is 18.4. The van der Waals surface area contributed by atoms with Gasteiger partial charge in [-0.3, -0.25) is 4.79 Å². The fourth-order valence-corrected chi connectivity index (χ4v) is 3.13. The minimum atomic E-state index is -0.824. The molecule has 3 aromatic rings. The summed E-state index contributed by atoms with van der Waals surface area (Å²) in [7, 11) is 1.62. The van der Waals surface area contributed by atoms with Crippen molar-refractivity contribution in [3.8, 4) is 5.75 Å². The molecule has 0 heterocycles. The minimum absolute atomic E-state index is 0.567. The van der Waals surface area contributed by atoms with Gasteiger partial charge in [-0.2, -0.15) is 0 Å². The Morgan fingerprint density at radius 2 is 1.76 bits per heavy atom. The number of methoxy groups -OCH3 is 1. The van der Waals surface area contributed by atoms with E-state index < -0.39 is 11.9 Å². The topological polar surface area (TPSA) is 46.5 Å². The van der Waals surface area contributed by atoms with Gasteiger partial charge in [0.1, 0.15) is 5.75 Å². The molecule has 0 fully saturated rings. The van der Waals surface area contributed by atoms with E-state index in [4.69, 9.17) is 4.74 Å². The molecule has 0 aliphatic heterocycles. The molecule has 0 aliphatic carbocycles. The zero-order valence-corrected chi connectivity index (χ0v) is 14.7. The van der Waals surface area contributed by atoms with Gasteiger partial charge in [0.25, 0.3) is 0 Å². The maximum absolute atomic E-state index is 11.5. The van der Waals surface area contributed by atoms with Crippen LogP contribution in [-0.4, -0.2) is 18.2 Å². The normalized spacial score (nSPS) is 12.1. The van der Waals surface area contributed by atoms with Crippen LogP contribution in [0, 0.1) is 6.92 Å². The van der Waals surface area contributed by atoms with Gasteiger partial charge in [0.2, 0.25) is 0 Å². The Hall–Kier alpha value is -2.81. The number of rotatable bonds is 5. The smallest absolute Gasteiger partial charge is 0.310 e. The van der Waals surface area contributed by atoms with Crippen molar-refractivity contribution < 1.29 is 14.6 Å². The van der Waals surface area contributed by atoms with Crippen LogP contribution in [0.4, 0.5) is 0 Å². The molecule has 3 nitrogen and oxygen atoms in total. The summed E-state index contributed by atoms with van der Waals surface area (Å²) in [5.41, 5.74) is 4.47. The molecule has 0 amide bonds. The SMILES string of the molecule is COc1ccc2c(Cc3ccc(C)cc3)ccc(C(C)C(=O)O)c2c1. The van der Waals surface area contributed by atoms with Gasteiger partial charge in [0.05, 0.1) is 13.0 Å². The molecule has 25 heavy (non-hydrogen) atoms. The van der Waals surface area contributed by atoms with Crippen molar-refractivity contribution in [3.63, 3.8) is 0 Å². The molecule has 0 spiro atoms. The zero-order chi connectivity index (χ0) is 18.0. The van der Waals surface area contributed by atoms with Crippen LogP contribution < -0.4 is 4.74 Å². The van der Waals surface area contributed by atoms with Crippen LogP contribution in [0.3, 0.4) is 0 Å². The van der Waals surface area contributed by atoms with Crippen molar-refractivity contribution in [1.82, 2.24) is 0 Å². The summed E-state index contributed by atoms with van der Waals surface area (Å²) in [5.74, 6) is -0.655. The molecule has 0 saturated carbocycles. The van der Waals surface area contributed by atoms with Crippen LogP contribution >= 0.6 is 0 Å². The summed E-state index contributed by atoms with van der Waals surface area (Å²) in [4.78, 5) is 11.5. The number of hydrogen-bond donors (Lipinski definition) is 1. The molecule has 3 rings (SSSR count). The largest absolute Gasteiger partial charge is 0.497 e. The Morgan fingerprint density at radius 1 is 1.04 bits per heavy atom. The van der Waals surface area contributed by atoms with Crippen molar-refractivity contribution in [2.24, 2.45) is 0 Å². The lowest BCUT2D eigenvalue weighted by atomic mass is 9.90. The average Bonchev–Trinajstić information content (AvgIpc) is 2.62. The lowest BCUT2D eigenvalue weighted by Crippen LogP contribution is -2.08. The van der Waals surface area contributed by atoms with E-state index in [0.29, 0.717) is 0 Å². The van der Waals surface area contributed by atoms with Gasteiger partial charge in [-0.15, -0.1) is 0 Å². The number of fused-ring (bicyclic) bond motifs is 1. The van der Waals surface area contributed by atoms with Crippen LogP contribution in [-0.2, 0) is 11.2 Å². The van der Waals surface area contributed by atoms with E-state index in [-0.39, 0.29) is 0 Å². The van der Waals surface area contributed by atoms with Gasteiger partial charge < -0.3 is 9.84 Å². The maximum atomic E-state index is 11.5. The van der Waals surface area contributed by atoms with Crippen molar-refractivity contribution >= 4 is 16.7 Å². The first-order valence-corrected chi connectivity index (χ1v) is 8.37. The third kappa shape index (κ3) is 3.50. The van der Waals surface area contributed by atoms with Crippen LogP contribution in [0.5, 0.6) is 5.75 Å². The molecule has 3 heteroatoms. The predicted molar refractivity (Wildman–Crippen MR) is 101 cm³/mol. The van der Waals surface area contributed by atoms with E-state index in [2.05, 4.69) is 31.2 Å². The average molecular weight is 334 g/mol. The van der Waals surface area contributed by atoms with Crippen LogP contribution in [0.2, 0.25) is 0 Å². The fraction of sp³-hybridized carbons (Fsp3) is 0.227. The Balaban J connectivity index is 2.12. The van der Waals surface area contributed by atoms with E-state index >= 15 is 0 Å². The lowest BCUT2D eigenvalue weighted by Gasteiger charge is -2.15. The highest BCUT2D eigenvalue weighted by atomic mass is 16.5. The number of benzene rings is 3. The number of aliphatic carboxylic acids is 1. The van der Waals surface area contributed by atoms with Crippen molar-refractivity contribution in [2.75, 3.05) is 7.11 Å². The predicted octanol–water partition coefficient (Wildman–Crippen LogP) is 4.94. The number of hydrogen-bond acceptors (Lipinski definition) is 2. The van der Waals surface area contributed by atoms with E-state index in [1.54, 1.807) is 14.0 Å². The highest BCUT2D eigenvalue weighted by Gasteiger charge is 2.18. The van der Waals surface area contributed by atoms with Gasteiger partial charge in [-0.05, 0) is 59.9 Å². The van der Waals surface area contributed by atoms with E-state index in [0.717, 1.165) is 28.5 Å². The van der Waals surface area contributed by atoms with Crippen molar-refractivity contribution in [3.05, 3.63) is 76.9 Å².